The maximum atomic E-state index is 5.15. The molecule has 0 bridgehead atoms. The molecule has 1 aromatic heterocycles. The monoisotopic (exact) mass is 239 g/mol. The van der Waals surface area contributed by atoms with Crippen LogP contribution in [-0.2, 0) is 11.3 Å². The van der Waals surface area contributed by atoms with Crippen LogP contribution in [0, 0.1) is 12.8 Å². The first kappa shape index (κ1) is 12.5. The fraction of sp³-hybridized carbons (Fsp3) is 0.833. The third-order valence-corrected chi connectivity index (χ3v) is 3.45. The lowest BCUT2D eigenvalue weighted by molar-refractivity contribution is 0.121. The average Bonchev–Trinajstić information content (AvgIpc) is 2.73. The topological polar surface area (TPSA) is 51.4 Å². The summed E-state index contributed by atoms with van der Waals surface area (Å²) in [5.41, 5.74) is 1.88. The number of piperidine rings is 1. The zero-order chi connectivity index (χ0) is 12.1. The molecule has 1 aliphatic rings. The van der Waals surface area contributed by atoms with Crippen LogP contribution in [0.25, 0.3) is 0 Å². The van der Waals surface area contributed by atoms with Crippen molar-refractivity contribution in [2.45, 2.75) is 32.7 Å². The molecule has 0 spiro atoms. The van der Waals surface area contributed by atoms with Crippen LogP contribution in [0.1, 0.15) is 30.7 Å². The molecule has 0 aliphatic carbocycles. The number of nitrogens with zero attached hydrogens (tertiary/aromatic N) is 3. The maximum Gasteiger partial charge on any atom is 0.122 e. The molecule has 2 heterocycles. The highest BCUT2D eigenvalue weighted by Gasteiger charge is 2.21. The normalized spacial score (nSPS) is 21.9. The Hall–Kier alpha value is -0.940. The number of rotatable bonds is 5. The minimum Gasteiger partial charge on any atom is -0.385 e. The third-order valence-electron chi connectivity index (χ3n) is 3.45. The number of likely N-dealkylation sites (tertiary alicyclic amines) is 1. The number of methoxy groups -OCH3 is 1. The molecule has 0 radical (unpaired) electrons. The van der Waals surface area contributed by atoms with E-state index in [1.165, 1.54) is 12.8 Å². The Morgan fingerprint density at radius 2 is 2.35 bits per heavy atom. The molecule has 0 aromatic carbocycles. The summed E-state index contributed by atoms with van der Waals surface area (Å²) in [6.45, 7) is 5.95. The summed E-state index contributed by atoms with van der Waals surface area (Å²) in [5, 5.41) is 7.76. The Morgan fingerprint density at radius 1 is 1.47 bits per heavy atom. The number of hydrogen-bond acceptors (Lipinski definition) is 5. The van der Waals surface area contributed by atoms with Gasteiger partial charge < -0.3 is 4.74 Å². The molecule has 0 saturated carbocycles. The summed E-state index contributed by atoms with van der Waals surface area (Å²) in [6, 6.07) is 0. The zero-order valence-electron chi connectivity index (χ0n) is 10.7. The van der Waals surface area contributed by atoms with Crippen molar-refractivity contribution in [1.82, 2.24) is 15.2 Å². The lowest BCUT2D eigenvalue weighted by Crippen LogP contribution is -2.35. The predicted octanol–water partition coefficient (Wildman–Crippen LogP) is 1.63. The molecule has 1 aromatic rings. The molecule has 0 N–H and O–H groups in total. The van der Waals surface area contributed by atoms with Gasteiger partial charge in [0, 0.05) is 26.8 Å². The molecular formula is C12H21N3O2. The highest BCUT2D eigenvalue weighted by Crippen LogP contribution is 2.21. The molecule has 1 aliphatic heterocycles. The molecule has 1 atom stereocenters. The van der Waals surface area contributed by atoms with Gasteiger partial charge in [0.2, 0.25) is 0 Å². The minimum absolute atomic E-state index is 0.754. The predicted molar refractivity (Wildman–Crippen MR) is 63.5 cm³/mol. The van der Waals surface area contributed by atoms with Crippen molar-refractivity contribution >= 4 is 0 Å². The quantitative estimate of drug-likeness (QED) is 0.781. The van der Waals surface area contributed by atoms with Gasteiger partial charge >= 0.3 is 0 Å². The van der Waals surface area contributed by atoms with E-state index < -0.39 is 0 Å². The highest BCUT2D eigenvalue weighted by atomic mass is 16.6. The Kier molecular flexibility index (Phi) is 4.50. The van der Waals surface area contributed by atoms with E-state index >= 15 is 0 Å². The second-order valence-electron chi connectivity index (χ2n) is 4.82. The zero-order valence-corrected chi connectivity index (χ0v) is 10.7. The number of aryl methyl sites for hydroxylation is 1. The van der Waals surface area contributed by atoms with Gasteiger partial charge in [0.1, 0.15) is 11.4 Å². The van der Waals surface area contributed by atoms with E-state index in [4.69, 9.17) is 9.37 Å². The van der Waals surface area contributed by atoms with Crippen LogP contribution in [0.3, 0.4) is 0 Å². The lowest BCUT2D eigenvalue weighted by atomic mass is 9.95. The summed E-state index contributed by atoms with van der Waals surface area (Å²) in [4.78, 5) is 2.44. The van der Waals surface area contributed by atoms with Crippen LogP contribution in [-0.4, -0.2) is 42.0 Å². The van der Waals surface area contributed by atoms with Crippen LogP contribution in [0.5, 0.6) is 0 Å². The second-order valence-corrected chi connectivity index (χ2v) is 4.82. The molecule has 17 heavy (non-hydrogen) atoms. The molecule has 96 valence electrons. The van der Waals surface area contributed by atoms with Crippen LogP contribution in [0.15, 0.2) is 4.63 Å². The van der Waals surface area contributed by atoms with E-state index in [0.29, 0.717) is 0 Å². The van der Waals surface area contributed by atoms with Gasteiger partial charge in [-0.1, -0.05) is 10.3 Å². The van der Waals surface area contributed by atoms with Crippen molar-refractivity contribution in [3.63, 3.8) is 0 Å². The first-order chi connectivity index (χ1) is 8.29. The third kappa shape index (κ3) is 3.51. The number of aromatic nitrogens is 2. The molecule has 5 heteroatoms. The molecule has 0 amide bonds. The van der Waals surface area contributed by atoms with Gasteiger partial charge in [0.25, 0.3) is 0 Å². The fourth-order valence-corrected chi connectivity index (χ4v) is 2.42. The lowest BCUT2D eigenvalue weighted by Gasteiger charge is -2.32. The molecule has 1 saturated heterocycles. The Bertz CT molecular complexity index is 340. The standard InChI is InChI=1S/C12H21N3O2/c1-10-12(14-17-13-10)9-15-6-3-4-11(8-15)5-7-16-2/h11H,3-9H2,1-2H3. The molecule has 2 rings (SSSR count). The SMILES string of the molecule is COCCC1CCCN(Cc2nonc2C)C1. The van der Waals surface area contributed by atoms with E-state index in [0.717, 1.165) is 50.0 Å². The van der Waals surface area contributed by atoms with E-state index in [1.54, 1.807) is 7.11 Å². The summed E-state index contributed by atoms with van der Waals surface area (Å²) in [7, 11) is 1.77. The van der Waals surface area contributed by atoms with Gasteiger partial charge in [-0.2, -0.15) is 0 Å². The number of ether oxygens (including phenoxy) is 1. The van der Waals surface area contributed by atoms with Gasteiger partial charge in [-0.15, -0.1) is 0 Å². The van der Waals surface area contributed by atoms with Crippen molar-refractivity contribution in [1.29, 1.82) is 0 Å². The summed E-state index contributed by atoms with van der Waals surface area (Å²) in [5.74, 6) is 0.754. The van der Waals surface area contributed by atoms with Crippen LogP contribution < -0.4 is 0 Å². The van der Waals surface area contributed by atoms with Gasteiger partial charge in [-0.25, -0.2) is 4.63 Å². The second kappa shape index (κ2) is 6.12. The molecular weight excluding hydrogens is 218 g/mol. The van der Waals surface area contributed by atoms with Crippen molar-refractivity contribution < 1.29 is 9.37 Å². The first-order valence-corrected chi connectivity index (χ1v) is 6.29. The van der Waals surface area contributed by atoms with E-state index in [1.807, 2.05) is 6.92 Å². The Morgan fingerprint density at radius 3 is 3.06 bits per heavy atom. The van der Waals surface area contributed by atoms with Crippen LogP contribution >= 0.6 is 0 Å². The van der Waals surface area contributed by atoms with Gasteiger partial charge in [0.15, 0.2) is 0 Å². The van der Waals surface area contributed by atoms with Crippen molar-refractivity contribution in [3.8, 4) is 0 Å². The summed E-state index contributed by atoms with van der Waals surface area (Å²) in [6.07, 6.45) is 3.73. The maximum absolute atomic E-state index is 5.15. The molecule has 5 nitrogen and oxygen atoms in total. The minimum atomic E-state index is 0.754. The molecule has 1 fully saturated rings. The molecule has 1 unspecified atom stereocenters. The van der Waals surface area contributed by atoms with Crippen molar-refractivity contribution in [2.24, 2.45) is 5.92 Å². The van der Waals surface area contributed by atoms with E-state index in [9.17, 15) is 0 Å². The smallest absolute Gasteiger partial charge is 0.122 e. The van der Waals surface area contributed by atoms with Crippen molar-refractivity contribution in [3.05, 3.63) is 11.4 Å². The van der Waals surface area contributed by atoms with Crippen LogP contribution in [0.2, 0.25) is 0 Å². The summed E-state index contributed by atoms with van der Waals surface area (Å²) < 4.78 is 9.88. The van der Waals surface area contributed by atoms with E-state index in [2.05, 4.69) is 15.2 Å². The summed E-state index contributed by atoms with van der Waals surface area (Å²) >= 11 is 0. The van der Waals surface area contributed by atoms with E-state index in [-0.39, 0.29) is 0 Å². The largest absolute Gasteiger partial charge is 0.385 e. The fourth-order valence-electron chi connectivity index (χ4n) is 2.42. The average molecular weight is 239 g/mol. The Labute approximate surface area is 102 Å². The van der Waals surface area contributed by atoms with Crippen LogP contribution in [0.4, 0.5) is 0 Å². The van der Waals surface area contributed by atoms with Crippen molar-refractivity contribution in [2.75, 3.05) is 26.8 Å². The Balaban J connectivity index is 1.83. The highest BCUT2D eigenvalue weighted by molar-refractivity contribution is 5.04. The van der Waals surface area contributed by atoms with Gasteiger partial charge in [-0.3, -0.25) is 4.90 Å². The van der Waals surface area contributed by atoms with Gasteiger partial charge in [0.05, 0.1) is 0 Å². The number of hydrogen-bond donors (Lipinski definition) is 0. The first-order valence-electron chi connectivity index (χ1n) is 6.29. The van der Waals surface area contributed by atoms with Gasteiger partial charge in [-0.05, 0) is 38.6 Å².